The van der Waals surface area contributed by atoms with Crippen LogP contribution < -0.4 is 5.32 Å². The molecule has 0 fully saturated rings. The van der Waals surface area contributed by atoms with E-state index in [0.29, 0.717) is 11.3 Å². The quantitative estimate of drug-likeness (QED) is 0.421. The molecule has 0 bridgehead atoms. The Kier molecular flexibility index (Phi) is 5.38. The van der Waals surface area contributed by atoms with Crippen LogP contribution in [0.25, 0.3) is 39.1 Å². The van der Waals surface area contributed by atoms with Crippen molar-refractivity contribution in [3.8, 4) is 34.3 Å². The van der Waals surface area contributed by atoms with Crippen molar-refractivity contribution in [3.63, 3.8) is 0 Å². The number of rotatable bonds is 3. The van der Waals surface area contributed by atoms with Crippen LogP contribution in [-0.4, -0.2) is 31.7 Å². The molecule has 2 N–H and O–H groups in total. The van der Waals surface area contributed by atoms with Gasteiger partial charge in [0.2, 0.25) is 0 Å². The maximum absolute atomic E-state index is 9.04. The summed E-state index contributed by atoms with van der Waals surface area (Å²) < 4.78 is 1.80. The molecule has 0 spiro atoms. The zero-order valence-corrected chi connectivity index (χ0v) is 18.4. The number of aromatic nitrogens is 5. The first-order valence-corrected chi connectivity index (χ1v) is 10.5. The van der Waals surface area contributed by atoms with Gasteiger partial charge in [-0.2, -0.15) is 10.4 Å². The van der Waals surface area contributed by atoms with Crippen LogP contribution in [0.4, 0.5) is 0 Å². The maximum atomic E-state index is 9.04. The van der Waals surface area contributed by atoms with E-state index >= 15 is 0 Å². The number of benzene rings is 3. The number of nitrogens with zero attached hydrogens (tertiary/aromatic N) is 5. The van der Waals surface area contributed by atoms with Crippen LogP contribution in [-0.2, 0) is 13.0 Å². The predicted molar refractivity (Wildman–Crippen MR) is 129 cm³/mol. The molecule has 1 aliphatic heterocycles. The van der Waals surface area contributed by atoms with Crippen molar-refractivity contribution in [3.05, 3.63) is 83.6 Å². The van der Waals surface area contributed by atoms with Gasteiger partial charge >= 0.3 is 0 Å². The third-order valence-electron chi connectivity index (χ3n) is 5.99. The first kappa shape index (κ1) is 20.9. The molecular formula is C25H20ClN7. The minimum atomic E-state index is 0. The molecule has 7 nitrogen and oxygen atoms in total. The van der Waals surface area contributed by atoms with Gasteiger partial charge in [-0.3, -0.25) is 5.10 Å². The lowest BCUT2D eigenvalue weighted by Crippen LogP contribution is -2.23. The molecule has 3 aromatic carbocycles. The Morgan fingerprint density at radius 2 is 1.79 bits per heavy atom. The molecular weight excluding hydrogens is 434 g/mol. The van der Waals surface area contributed by atoms with Crippen LogP contribution in [0.5, 0.6) is 0 Å². The average molecular weight is 454 g/mol. The molecule has 3 heterocycles. The third kappa shape index (κ3) is 3.76. The van der Waals surface area contributed by atoms with Crippen LogP contribution >= 0.6 is 12.4 Å². The van der Waals surface area contributed by atoms with Gasteiger partial charge in [-0.25, -0.2) is 4.68 Å². The summed E-state index contributed by atoms with van der Waals surface area (Å²) in [6.07, 6.45) is 2.97. The molecule has 2 aromatic heterocycles. The van der Waals surface area contributed by atoms with Crippen LogP contribution in [0.1, 0.15) is 16.7 Å². The summed E-state index contributed by atoms with van der Waals surface area (Å²) in [5, 5.41) is 29.8. The molecule has 0 unspecified atom stereocenters. The smallest absolute Gasteiger partial charge is 0.134 e. The fourth-order valence-corrected chi connectivity index (χ4v) is 4.23. The molecule has 6 rings (SSSR count). The molecule has 8 heteroatoms. The highest BCUT2D eigenvalue weighted by molar-refractivity contribution is 5.94. The summed E-state index contributed by atoms with van der Waals surface area (Å²) in [7, 11) is 0. The largest absolute Gasteiger partial charge is 0.312 e. The Hall–Kier alpha value is -3.99. The van der Waals surface area contributed by atoms with Gasteiger partial charge in [0.15, 0.2) is 0 Å². The lowest BCUT2D eigenvalue weighted by Gasteiger charge is -2.17. The number of hydrogen-bond donors (Lipinski definition) is 2. The van der Waals surface area contributed by atoms with E-state index in [1.807, 2.05) is 42.6 Å². The Morgan fingerprint density at radius 3 is 2.64 bits per heavy atom. The van der Waals surface area contributed by atoms with Crippen LogP contribution in [0.2, 0.25) is 0 Å². The summed E-state index contributed by atoms with van der Waals surface area (Å²) in [6, 6.07) is 22.3. The molecule has 33 heavy (non-hydrogen) atoms. The highest BCUT2D eigenvalue weighted by atomic mass is 35.5. The monoisotopic (exact) mass is 453 g/mol. The summed E-state index contributed by atoms with van der Waals surface area (Å²) in [5.74, 6) is 0. The molecule has 162 valence electrons. The number of H-pyrrole nitrogens is 1. The first-order chi connectivity index (χ1) is 15.8. The van der Waals surface area contributed by atoms with Gasteiger partial charge in [0.25, 0.3) is 0 Å². The van der Waals surface area contributed by atoms with Crippen molar-refractivity contribution in [2.45, 2.75) is 13.0 Å². The molecule has 0 saturated carbocycles. The summed E-state index contributed by atoms with van der Waals surface area (Å²) in [4.78, 5) is 0. The van der Waals surface area contributed by atoms with E-state index in [9.17, 15) is 0 Å². The maximum Gasteiger partial charge on any atom is 0.134 e. The SMILES string of the molecule is Cl.N#Cc1ccc(-c2ccc3[nH]nc(-c4cn(-c5ccc6c(c5)CNCC6)nn4)c3c2)cc1. The highest BCUT2D eigenvalue weighted by Crippen LogP contribution is 2.30. The van der Waals surface area contributed by atoms with Gasteiger partial charge < -0.3 is 5.32 Å². The zero-order chi connectivity index (χ0) is 21.5. The minimum absolute atomic E-state index is 0. The van der Waals surface area contributed by atoms with Crippen molar-refractivity contribution in [2.75, 3.05) is 6.54 Å². The topological polar surface area (TPSA) is 95.2 Å². The lowest BCUT2D eigenvalue weighted by molar-refractivity contribution is 0.642. The van der Waals surface area contributed by atoms with Crippen molar-refractivity contribution >= 4 is 23.3 Å². The van der Waals surface area contributed by atoms with Crippen molar-refractivity contribution in [2.24, 2.45) is 0 Å². The van der Waals surface area contributed by atoms with Crippen molar-refractivity contribution in [1.82, 2.24) is 30.5 Å². The number of nitriles is 1. The van der Waals surface area contributed by atoms with Crippen molar-refractivity contribution in [1.29, 1.82) is 5.26 Å². The molecule has 1 aliphatic rings. The van der Waals surface area contributed by atoms with Gasteiger partial charge in [-0.1, -0.05) is 29.5 Å². The lowest BCUT2D eigenvalue weighted by atomic mass is 10.0. The Labute approximate surface area is 196 Å². The van der Waals surface area contributed by atoms with E-state index in [1.54, 1.807) is 4.68 Å². The van der Waals surface area contributed by atoms with Crippen molar-refractivity contribution < 1.29 is 0 Å². The number of halogens is 1. The van der Waals surface area contributed by atoms with Gasteiger partial charge in [0.1, 0.15) is 11.4 Å². The molecule has 0 amide bonds. The second kappa shape index (κ2) is 8.51. The Bertz CT molecular complexity index is 1490. The summed E-state index contributed by atoms with van der Waals surface area (Å²) >= 11 is 0. The fourth-order valence-electron chi connectivity index (χ4n) is 4.23. The van der Waals surface area contributed by atoms with Crippen LogP contribution in [0, 0.1) is 11.3 Å². The molecule has 0 radical (unpaired) electrons. The Balaban J connectivity index is 0.00000228. The second-order valence-corrected chi connectivity index (χ2v) is 7.95. The van der Waals surface area contributed by atoms with E-state index in [-0.39, 0.29) is 12.4 Å². The van der Waals surface area contributed by atoms with Gasteiger partial charge in [-0.15, -0.1) is 17.5 Å². The molecule has 0 atom stereocenters. The first-order valence-electron chi connectivity index (χ1n) is 10.5. The van der Waals surface area contributed by atoms with E-state index < -0.39 is 0 Å². The molecule has 0 saturated heterocycles. The van der Waals surface area contributed by atoms with E-state index in [0.717, 1.165) is 52.9 Å². The number of nitrogens with one attached hydrogen (secondary N) is 2. The third-order valence-corrected chi connectivity index (χ3v) is 5.99. The number of aromatic amines is 1. The van der Waals surface area contributed by atoms with Gasteiger partial charge in [0, 0.05) is 11.9 Å². The minimum Gasteiger partial charge on any atom is -0.312 e. The van der Waals surface area contributed by atoms with Crippen LogP contribution in [0.15, 0.2) is 66.9 Å². The normalized spacial score (nSPS) is 12.7. The van der Waals surface area contributed by atoms with Crippen LogP contribution in [0.3, 0.4) is 0 Å². The van der Waals surface area contributed by atoms with E-state index in [4.69, 9.17) is 5.26 Å². The highest BCUT2D eigenvalue weighted by Gasteiger charge is 2.15. The van der Waals surface area contributed by atoms with E-state index in [2.05, 4.69) is 56.2 Å². The molecule has 0 aliphatic carbocycles. The molecule has 5 aromatic rings. The van der Waals surface area contributed by atoms with E-state index in [1.165, 1.54) is 11.1 Å². The standard InChI is InChI=1S/C25H19N7.ClH/c26-13-16-1-3-17(4-2-16)19-6-8-23-22(12-19)25(30-28-23)24-15-32(31-29-24)21-7-5-18-9-10-27-14-20(18)11-21;/h1-8,11-12,15,27H,9-10,14H2,(H,28,30);1H. The number of hydrogen-bond acceptors (Lipinski definition) is 5. The summed E-state index contributed by atoms with van der Waals surface area (Å²) in [5.41, 5.74) is 8.85. The second-order valence-electron chi connectivity index (χ2n) is 7.95. The Morgan fingerprint density at radius 1 is 0.939 bits per heavy atom. The number of fused-ring (bicyclic) bond motifs is 2. The zero-order valence-electron chi connectivity index (χ0n) is 17.6. The van der Waals surface area contributed by atoms with Gasteiger partial charge in [-0.05, 0) is 71.6 Å². The predicted octanol–water partition coefficient (Wildman–Crippen LogP) is 4.42. The summed E-state index contributed by atoms with van der Waals surface area (Å²) in [6.45, 7) is 1.91. The average Bonchev–Trinajstić information content (AvgIpc) is 3.50. The van der Waals surface area contributed by atoms with Gasteiger partial charge in [0.05, 0.1) is 29.0 Å². The fraction of sp³-hybridized carbons (Fsp3) is 0.120.